The summed E-state index contributed by atoms with van der Waals surface area (Å²) in [5.74, 6) is 0. The average molecular weight is 262 g/mol. The molecular weight excluding hydrogens is 232 g/mol. The Morgan fingerprint density at radius 2 is 1.84 bits per heavy atom. The van der Waals surface area contributed by atoms with Crippen molar-refractivity contribution in [2.45, 2.75) is 59.2 Å². The minimum Gasteiger partial charge on any atom is -0.312 e. The third kappa shape index (κ3) is 6.22. The lowest BCUT2D eigenvalue weighted by molar-refractivity contribution is 0.231. The van der Waals surface area contributed by atoms with E-state index in [9.17, 15) is 0 Å². The number of nitrogens with one attached hydrogen (secondary N) is 1. The van der Waals surface area contributed by atoms with E-state index in [-0.39, 0.29) is 5.54 Å². The molecule has 0 radical (unpaired) electrons. The smallest absolute Gasteiger partial charge is 0.0236 e. The highest BCUT2D eigenvalue weighted by Crippen LogP contribution is 2.12. The van der Waals surface area contributed by atoms with Gasteiger partial charge in [0.05, 0.1) is 0 Å². The molecule has 0 heterocycles. The second-order valence-corrected chi connectivity index (χ2v) is 6.66. The van der Waals surface area contributed by atoms with Gasteiger partial charge in [-0.1, -0.05) is 24.3 Å². The molecule has 1 rings (SSSR count). The van der Waals surface area contributed by atoms with E-state index in [0.717, 1.165) is 13.1 Å². The quantitative estimate of drug-likeness (QED) is 0.843. The van der Waals surface area contributed by atoms with Crippen LogP contribution in [-0.2, 0) is 6.54 Å². The van der Waals surface area contributed by atoms with Gasteiger partial charge in [-0.15, -0.1) is 0 Å². The molecule has 19 heavy (non-hydrogen) atoms. The maximum absolute atomic E-state index is 3.56. The lowest BCUT2D eigenvalue weighted by Gasteiger charge is -2.27. The predicted octanol–water partition coefficient (Wildman–Crippen LogP) is 3.59. The minimum absolute atomic E-state index is 0.217. The first-order valence-corrected chi connectivity index (χ1v) is 7.29. The Hall–Kier alpha value is -0.860. The molecule has 1 atom stereocenters. The van der Waals surface area contributed by atoms with Gasteiger partial charge in [-0.25, -0.2) is 0 Å². The van der Waals surface area contributed by atoms with E-state index in [4.69, 9.17) is 0 Å². The van der Waals surface area contributed by atoms with Crippen molar-refractivity contribution in [1.29, 1.82) is 0 Å². The summed E-state index contributed by atoms with van der Waals surface area (Å²) in [6.45, 7) is 13.3. The largest absolute Gasteiger partial charge is 0.312 e. The lowest BCUT2D eigenvalue weighted by atomic mass is 10.1. The molecule has 1 N–H and O–H groups in total. The van der Waals surface area contributed by atoms with Crippen molar-refractivity contribution in [2.24, 2.45) is 0 Å². The predicted molar refractivity (Wildman–Crippen MR) is 84.5 cm³/mol. The van der Waals surface area contributed by atoms with Gasteiger partial charge in [0.2, 0.25) is 0 Å². The zero-order chi connectivity index (χ0) is 14.5. The molecule has 0 aromatic heterocycles. The third-order valence-electron chi connectivity index (χ3n) is 3.65. The van der Waals surface area contributed by atoms with Crippen molar-refractivity contribution in [3.05, 3.63) is 35.4 Å². The van der Waals surface area contributed by atoms with Gasteiger partial charge in [0.1, 0.15) is 0 Å². The van der Waals surface area contributed by atoms with Crippen LogP contribution in [0.3, 0.4) is 0 Å². The number of rotatable bonds is 6. The van der Waals surface area contributed by atoms with E-state index in [1.165, 1.54) is 17.5 Å². The van der Waals surface area contributed by atoms with Crippen LogP contribution in [0.25, 0.3) is 0 Å². The molecule has 1 aromatic rings. The van der Waals surface area contributed by atoms with Gasteiger partial charge in [-0.2, -0.15) is 0 Å². The summed E-state index contributed by atoms with van der Waals surface area (Å²) in [5.41, 5.74) is 3.03. The van der Waals surface area contributed by atoms with E-state index >= 15 is 0 Å². The Morgan fingerprint density at radius 1 is 1.21 bits per heavy atom. The first kappa shape index (κ1) is 16.2. The van der Waals surface area contributed by atoms with Crippen LogP contribution in [0.1, 0.15) is 45.2 Å². The van der Waals surface area contributed by atoms with Crippen LogP contribution in [0.5, 0.6) is 0 Å². The first-order valence-electron chi connectivity index (χ1n) is 7.29. The van der Waals surface area contributed by atoms with Crippen LogP contribution in [0.4, 0.5) is 0 Å². The van der Waals surface area contributed by atoms with Crippen molar-refractivity contribution in [3.8, 4) is 0 Å². The molecule has 108 valence electrons. The minimum atomic E-state index is 0.217. The molecule has 0 amide bonds. The van der Waals surface area contributed by atoms with Crippen LogP contribution >= 0.6 is 0 Å². The highest BCUT2D eigenvalue weighted by molar-refractivity contribution is 5.25. The molecule has 0 spiro atoms. The van der Waals surface area contributed by atoms with Gasteiger partial charge in [-0.05, 0) is 65.8 Å². The topological polar surface area (TPSA) is 15.3 Å². The molecule has 0 bridgehead atoms. The summed E-state index contributed by atoms with van der Waals surface area (Å²) >= 11 is 0. The van der Waals surface area contributed by atoms with Crippen LogP contribution in [0, 0.1) is 6.92 Å². The fraction of sp³-hybridized carbons (Fsp3) is 0.647. The molecule has 2 heteroatoms. The van der Waals surface area contributed by atoms with Gasteiger partial charge >= 0.3 is 0 Å². The van der Waals surface area contributed by atoms with E-state index < -0.39 is 0 Å². The summed E-state index contributed by atoms with van der Waals surface area (Å²) in [4.78, 5) is 2.44. The van der Waals surface area contributed by atoms with Crippen molar-refractivity contribution >= 4 is 0 Å². The molecule has 1 aromatic carbocycles. The van der Waals surface area contributed by atoms with Crippen molar-refractivity contribution in [2.75, 3.05) is 13.6 Å². The van der Waals surface area contributed by atoms with Crippen molar-refractivity contribution < 1.29 is 0 Å². The van der Waals surface area contributed by atoms with E-state index in [1.54, 1.807) is 0 Å². The summed E-state index contributed by atoms with van der Waals surface area (Å²) < 4.78 is 0. The fourth-order valence-corrected chi connectivity index (χ4v) is 2.09. The molecule has 0 aliphatic carbocycles. The molecule has 1 unspecified atom stereocenters. The molecule has 2 nitrogen and oxygen atoms in total. The maximum atomic E-state index is 3.56. The molecule has 0 fully saturated rings. The van der Waals surface area contributed by atoms with Crippen molar-refractivity contribution in [1.82, 2.24) is 10.2 Å². The third-order valence-corrected chi connectivity index (χ3v) is 3.65. The summed E-state index contributed by atoms with van der Waals surface area (Å²) in [6.07, 6.45) is 1.18. The zero-order valence-corrected chi connectivity index (χ0v) is 13.5. The number of benzene rings is 1. The first-order chi connectivity index (χ1) is 8.79. The second-order valence-electron chi connectivity index (χ2n) is 6.66. The monoisotopic (exact) mass is 262 g/mol. The molecular formula is C17H30N2. The number of hydrogen-bond donors (Lipinski definition) is 1. The standard InChI is InChI=1S/C17H30N2/c1-14-9-7-8-10-16(14)13-19(6)15(2)11-12-18-17(3,4)5/h7-10,15,18H,11-13H2,1-6H3. The van der Waals surface area contributed by atoms with Crippen LogP contribution < -0.4 is 5.32 Å². The Morgan fingerprint density at radius 3 is 2.42 bits per heavy atom. The molecule has 0 aliphatic heterocycles. The maximum Gasteiger partial charge on any atom is 0.0236 e. The SMILES string of the molecule is Cc1ccccc1CN(C)C(C)CCNC(C)(C)C. The van der Waals surface area contributed by atoms with Gasteiger partial charge in [-0.3, -0.25) is 4.90 Å². The Balaban J connectivity index is 2.41. The number of nitrogens with zero attached hydrogens (tertiary/aromatic N) is 1. The molecule has 0 saturated heterocycles. The van der Waals surface area contributed by atoms with Crippen LogP contribution in [0.2, 0.25) is 0 Å². The van der Waals surface area contributed by atoms with Gasteiger partial charge in [0.25, 0.3) is 0 Å². The van der Waals surface area contributed by atoms with Gasteiger partial charge in [0.15, 0.2) is 0 Å². The number of hydrogen-bond acceptors (Lipinski definition) is 2. The Kier molecular flexibility index (Phi) is 6.02. The van der Waals surface area contributed by atoms with Crippen molar-refractivity contribution in [3.63, 3.8) is 0 Å². The number of aryl methyl sites for hydroxylation is 1. The highest BCUT2D eigenvalue weighted by atomic mass is 15.1. The summed E-state index contributed by atoms with van der Waals surface area (Å²) in [6, 6.07) is 9.24. The Labute approximate surface area is 119 Å². The molecule has 0 saturated carbocycles. The van der Waals surface area contributed by atoms with E-state index in [1.807, 2.05) is 0 Å². The van der Waals surface area contributed by atoms with Gasteiger partial charge in [0, 0.05) is 18.1 Å². The lowest BCUT2D eigenvalue weighted by Crippen LogP contribution is -2.39. The molecule has 0 aliphatic rings. The average Bonchev–Trinajstić information content (AvgIpc) is 2.30. The van der Waals surface area contributed by atoms with E-state index in [0.29, 0.717) is 6.04 Å². The van der Waals surface area contributed by atoms with Gasteiger partial charge < -0.3 is 5.32 Å². The zero-order valence-electron chi connectivity index (χ0n) is 13.5. The van der Waals surface area contributed by atoms with Crippen LogP contribution in [0.15, 0.2) is 24.3 Å². The van der Waals surface area contributed by atoms with Crippen LogP contribution in [-0.4, -0.2) is 30.1 Å². The highest BCUT2D eigenvalue weighted by Gasteiger charge is 2.13. The fourth-order valence-electron chi connectivity index (χ4n) is 2.09. The Bertz CT molecular complexity index is 379. The normalized spacial score (nSPS) is 13.8. The van der Waals surface area contributed by atoms with E-state index in [2.05, 4.69) is 76.1 Å². The summed E-state index contributed by atoms with van der Waals surface area (Å²) in [7, 11) is 2.22. The summed E-state index contributed by atoms with van der Waals surface area (Å²) in [5, 5.41) is 3.56. The second kappa shape index (κ2) is 7.06.